The zero-order chi connectivity index (χ0) is 13.2. The number of benzene rings is 1. The van der Waals surface area contributed by atoms with Crippen LogP contribution in [0, 0.1) is 0 Å². The minimum absolute atomic E-state index is 0.00370. The second-order valence-corrected chi connectivity index (χ2v) is 5.00. The van der Waals surface area contributed by atoms with Gasteiger partial charge in [-0.3, -0.25) is 4.79 Å². The van der Waals surface area contributed by atoms with Crippen molar-refractivity contribution in [2.24, 2.45) is 0 Å². The van der Waals surface area contributed by atoms with E-state index in [1.807, 2.05) is 24.3 Å². The second kappa shape index (κ2) is 9.00. The standard InChI is InChI=1S/C14H22N2OS/c1-3-8-15-9-10-16-14(17)13-6-4-12(5-7-13)11-18-2/h4-7,15H,3,8-11H2,1-2H3,(H,16,17). The first kappa shape index (κ1) is 15.1. The molecule has 0 bridgehead atoms. The molecule has 0 saturated carbocycles. The fourth-order valence-electron chi connectivity index (χ4n) is 1.59. The van der Waals surface area contributed by atoms with Gasteiger partial charge in [-0.05, 0) is 36.9 Å². The van der Waals surface area contributed by atoms with Crippen molar-refractivity contribution in [2.75, 3.05) is 25.9 Å². The first-order valence-electron chi connectivity index (χ1n) is 6.34. The van der Waals surface area contributed by atoms with E-state index in [4.69, 9.17) is 0 Å². The van der Waals surface area contributed by atoms with Gasteiger partial charge in [0.15, 0.2) is 0 Å². The van der Waals surface area contributed by atoms with Crippen molar-refractivity contribution in [3.05, 3.63) is 35.4 Å². The van der Waals surface area contributed by atoms with Gasteiger partial charge in [-0.2, -0.15) is 11.8 Å². The molecule has 0 aliphatic rings. The van der Waals surface area contributed by atoms with E-state index < -0.39 is 0 Å². The third-order valence-corrected chi connectivity index (χ3v) is 3.16. The van der Waals surface area contributed by atoms with Crippen LogP contribution in [0.4, 0.5) is 0 Å². The summed E-state index contributed by atoms with van der Waals surface area (Å²) in [5.74, 6) is 0.993. The van der Waals surface area contributed by atoms with Crippen LogP contribution in [0.5, 0.6) is 0 Å². The van der Waals surface area contributed by atoms with Crippen molar-refractivity contribution in [1.29, 1.82) is 0 Å². The zero-order valence-corrected chi connectivity index (χ0v) is 12.0. The lowest BCUT2D eigenvalue weighted by molar-refractivity contribution is 0.0954. The highest BCUT2D eigenvalue weighted by Crippen LogP contribution is 2.10. The Morgan fingerprint density at radius 2 is 1.89 bits per heavy atom. The molecule has 0 heterocycles. The fraction of sp³-hybridized carbons (Fsp3) is 0.500. The predicted molar refractivity (Wildman–Crippen MR) is 79.2 cm³/mol. The lowest BCUT2D eigenvalue weighted by Crippen LogP contribution is -2.32. The van der Waals surface area contributed by atoms with Crippen LogP contribution in [-0.2, 0) is 5.75 Å². The van der Waals surface area contributed by atoms with Crippen molar-refractivity contribution in [1.82, 2.24) is 10.6 Å². The molecule has 1 rings (SSSR count). The molecule has 0 atom stereocenters. The van der Waals surface area contributed by atoms with Gasteiger partial charge in [0.2, 0.25) is 0 Å². The van der Waals surface area contributed by atoms with Crippen molar-refractivity contribution in [3.63, 3.8) is 0 Å². The van der Waals surface area contributed by atoms with E-state index in [1.54, 1.807) is 11.8 Å². The fourth-order valence-corrected chi connectivity index (χ4v) is 2.11. The molecule has 0 saturated heterocycles. The summed E-state index contributed by atoms with van der Waals surface area (Å²) >= 11 is 1.78. The van der Waals surface area contributed by atoms with Gasteiger partial charge in [0.05, 0.1) is 0 Å². The number of rotatable bonds is 8. The lowest BCUT2D eigenvalue weighted by Gasteiger charge is -2.06. The van der Waals surface area contributed by atoms with Crippen molar-refractivity contribution in [3.8, 4) is 0 Å². The summed E-state index contributed by atoms with van der Waals surface area (Å²) in [5.41, 5.74) is 1.99. The van der Waals surface area contributed by atoms with E-state index in [2.05, 4.69) is 23.8 Å². The summed E-state index contributed by atoms with van der Waals surface area (Å²) in [5, 5.41) is 6.15. The quantitative estimate of drug-likeness (QED) is 0.709. The van der Waals surface area contributed by atoms with Gasteiger partial charge in [-0.1, -0.05) is 19.1 Å². The number of carbonyl (C=O) groups is 1. The van der Waals surface area contributed by atoms with Gasteiger partial charge in [0, 0.05) is 24.4 Å². The second-order valence-electron chi connectivity index (χ2n) is 4.14. The van der Waals surface area contributed by atoms with Crippen LogP contribution in [-0.4, -0.2) is 31.8 Å². The Kier molecular flexibility index (Phi) is 7.53. The summed E-state index contributed by atoms with van der Waals surface area (Å²) in [6.45, 7) is 4.62. The Hall–Kier alpha value is -1.00. The lowest BCUT2D eigenvalue weighted by atomic mass is 10.1. The third-order valence-electron chi connectivity index (χ3n) is 2.54. The molecule has 100 valence electrons. The molecular formula is C14H22N2OS. The number of carbonyl (C=O) groups excluding carboxylic acids is 1. The molecule has 0 spiro atoms. The monoisotopic (exact) mass is 266 g/mol. The maximum Gasteiger partial charge on any atom is 0.251 e. The Balaban J connectivity index is 2.32. The maximum absolute atomic E-state index is 11.8. The molecule has 1 aromatic rings. The van der Waals surface area contributed by atoms with Crippen LogP contribution in [0.25, 0.3) is 0 Å². The van der Waals surface area contributed by atoms with E-state index in [9.17, 15) is 4.79 Å². The van der Waals surface area contributed by atoms with Gasteiger partial charge in [-0.25, -0.2) is 0 Å². The maximum atomic E-state index is 11.8. The zero-order valence-electron chi connectivity index (χ0n) is 11.2. The number of hydrogen-bond acceptors (Lipinski definition) is 3. The van der Waals surface area contributed by atoms with Gasteiger partial charge >= 0.3 is 0 Å². The van der Waals surface area contributed by atoms with E-state index in [0.717, 1.165) is 30.8 Å². The number of hydrogen-bond donors (Lipinski definition) is 2. The highest BCUT2D eigenvalue weighted by atomic mass is 32.2. The van der Waals surface area contributed by atoms with Crippen LogP contribution in [0.3, 0.4) is 0 Å². The Labute approximate surface area is 114 Å². The molecule has 0 aromatic heterocycles. The topological polar surface area (TPSA) is 41.1 Å². The van der Waals surface area contributed by atoms with Gasteiger partial charge in [-0.15, -0.1) is 0 Å². The summed E-state index contributed by atoms with van der Waals surface area (Å²) in [4.78, 5) is 11.8. The van der Waals surface area contributed by atoms with Crippen LogP contribution in [0.2, 0.25) is 0 Å². The van der Waals surface area contributed by atoms with Crippen molar-refractivity contribution in [2.45, 2.75) is 19.1 Å². The molecule has 3 nitrogen and oxygen atoms in total. The molecule has 0 aliphatic carbocycles. The molecule has 0 fully saturated rings. The predicted octanol–water partition coefficient (Wildman–Crippen LogP) is 2.28. The van der Waals surface area contributed by atoms with Gasteiger partial charge in [0.1, 0.15) is 0 Å². The number of nitrogens with one attached hydrogen (secondary N) is 2. The number of thioether (sulfide) groups is 1. The average Bonchev–Trinajstić information content (AvgIpc) is 2.39. The van der Waals surface area contributed by atoms with E-state index in [0.29, 0.717) is 6.54 Å². The summed E-state index contributed by atoms with van der Waals surface area (Å²) in [7, 11) is 0. The van der Waals surface area contributed by atoms with Crippen LogP contribution >= 0.6 is 11.8 Å². The highest BCUT2D eigenvalue weighted by Gasteiger charge is 2.03. The summed E-state index contributed by atoms with van der Waals surface area (Å²) in [6.07, 6.45) is 3.19. The molecule has 1 aromatic carbocycles. The van der Waals surface area contributed by atoms with E-state index in [1.165, 1.54) is 5.56 Å². The molecule has 0 radical (unpaired) electrons. The van der Waals surface area contributed by atoms with Crippen LogP contribution in [0.15, 0.2) is 24.3 Å². The molecule has 2 N–H and O–H groups in total. The SMILES string of the molecule is CCCNCCNC(=O)c1ccc(CSC)cc1. The summed E-state index contributed by atoms with van der Waals surface area (Å²) < 4.78 is 0. The first-order valence-corrected chi connectivity index (χ1v) is 7.74. The smallest absolute Gasteiger partial charge is 0.251 e. The van der Waals surface area contributed by atoms with Gasteiger partial charge in [0.25, 0.3) is 5.91 Å². The first-order chi connectivity index (χ1) is 8.77. The van der Waals surface area contributed by atoms with Gasteiger partial charge < -0.3 is 10.6 Å². The van der Waals surface area contributed by atoms with E-state index >= 15 is 0 Å². The Morgan fingerprint density at radius 3 is 2.50 bits per heavy atom. The highest BCUT2D eigenvalue weighted by molar-refractivity contribution is 7.97. The molecule has 0 aliphatic heterocycles. The van der Waals surface area contributed by atoms with E-state index in [-0.39, 0.29) is 5.91 Å². The molecule has 1 amide bonds. The minimum atomic E-state index is 0.00370. The van der Waals surface area contributed by atoms with Crippen LogP contribution in [0.1, 0.15) is 29.3 Å². The van der Waals surface area contributed by atoms with Crippen molar-refractivity contribution < 1.29 is 4.79 Å². The molecule has 18 heavy (non-hydrogen) atoms. The minimum Gasteiger partial charge on any atom is -0.351 e. The average molecular weight is 266 g/mol. The third kappa shape index (κ3) is 5.56. The molecule has 4 heteroatoms. The molecule has 0 unspecified atom stereocenters. The largest absolute Gasteiger partial charge is 0.351 e. The Bertz CT molecular complexity index is 351. The Morgan fingerprint density at radius 1 is 1.17 bits per heavy atom. The van der Waals surface area contributed by atoms with Crippen LogP contribution < -0.4 is 10.6 Å². The summed E-state index contributed by atoms with van der Waals surface area (Å²) in [6, 6.07) is 7.81. The normalized spacial score (nSPS) is 10.3. The molecular weight excluding hydrogens is 244 g/mol. The van der Waals surface area contributed by atoms with Crippen molar-refractivity contribution >= 4 is 17.7 Å². The number of amides is 1.